The number of hydrogen-bond acceptors (Lipinski definition) is 2. The zero-order valence-electron chi connectivity index (χ0n) is 11.8. The van der Waals surface area contributed by atoms with E-state index in [4.69, 9.17) is 5.73 Å². The Morgan fingerprint density at radius 1 is 1.18 bits per heavy atom. The third kappa shape index (κ3) is 2.68. The summed E-state index contributed by atoms with van der Waals surface area (Å²) < 4.78 is 0. The van der Waals surface area contributed by atoms with Crippen LogP contribution in [0.1, 0.15) is 65.2 Å². The van der Waals surface area contributed by atoms with Crippen molar-refractivity contribution < 1.29 is 0 Å². The van der Waals surface area contributed by atoms with Crippen LogP contribution >= 0.6 is 0 Å². The van der Waals surface area contributed by atoms with E-state index in [9.17, 15) is 0 Å². The summed E-state index contributed by atoms with van der Waals surface area (Å²) in [7, 11) is 0. The molecule has 0 radical (unpaired) electrons. The summed E-state index contributed by atoms with van der Waals surface area (Å²) >= 11 is 0. The van der Waals surface area contributed by atoms with Gasteiger partial charge in [-0.05, 0) is 38.5 Å². The highest BCUT2D eigenvalue weighted by atomic mass is 15.2. The molecule has 2 rings (SSSR count). The Hall–Kier alpha value is -0.0800. The molecule has 2 fully saturated rings. The molecule has 100 valence electrons. The smallest absolute Gasteiger partial charge is 0.0334 e. The van der Waals surface area contributed by atoms with Crippen LogP contribution < -0.4 is 5.73 Å². The summed E-state index contributed by atoms with van der Waals surface area (Å²) in [4.78, 5) is 2.80. The largest absolute Gasteiger partial charge is 0.329 e. The number of nitrogens with zero attached hydrogens (tertiary/aromatic N) is 1. The van der Waals surface area contributed by atoms with Crippen LogP contribution in [-0.4, -0.2) is 29.6 Å². The van der Waals surface area contributed by atoms with Crippen molar-refractivity contribution in [2.45, 2.75) is 76.8 Å². The SMILES string of the molecule is CCC1CCC(C)N(C2(CN)CCCCC2)C1. The Bertz CT molecular complexity index is 233. The van der Waals surface area contributed by atoms with E-state index in [1.54, 1.807) is 0 Å². The molecule has 1 saturated heterocycles. The molecule has 1 aliphatic heterocycles. The van der Waals surface area contributed by atoms with Crippen molar-refractivity contribution in [2.75, 3.05) is 13.1 Å². The molecule has 2 nitrogen and oxygen atoms in total. The molecule has 0 aromatic carbocycles. The number of nitrogens with two attached hydrogens (primary N) is 1. The Morgan fingerprint density at radius 2 is 1.88 bits per heavy atom. The van der Waals surface area contributed by atoms with Crippen LogP contribution in [0.3, 0.4) is 0 Å². The van der Waals surface area contributed by atoms with Crippen molar-refractivity contribution in [2.24, 2.45) is 11.7 Å². The average Bonchev–Trinajstić information content (AvgIpc) is 2.40. The molecule has 1 heterocycles. The molecular formula is C15H30N2. The van der Waals surface area contributed by atoms with E-state index < -0.39 is 0 Å². The van der Waals surface area contributed by atoms with E-state index >= 15 is 0 Å². The highest BCUT2D eigenvalue weighted by Crippen LogP contribution is 2.38. The first-order valence-corrected chi connectivity index (χ1v) is 7.68. The van der Waals surface area contributed by atoms with Crippen LogP contribution in [0.15, 0.2) is 0 Å². The second kappa shape index (κ2) is 5.71. The second-order valence-corrected chi connectivity index (χ2v) is 6.34. The minimum absolute atomic E-state index is 0.353. The molecule has 1 saturated carbocycles. The summed E-state index contributed by atoms with van der Waals surface area (Å²) in [6.45, 7) is 6.93. The number of piperidine rings is 1. The van der Waals surface area contributed by atoms with Gasteiger partial charge < -0.3 is 5.73 Å². The van der Waals surface area contributed by atoms with Crippen LogP contribution in [0.25, 0.3) is 0 Å². The minimum Gasteiger partial charge on any atom is -0.329 e. The first kappa shape index (κ1) is 13.4. The monoisotopic (exact) mass is 238 g/mol. The van der Waals surface area contributed by atoms with Gasteiger partial charge in [0, 0.05) is 24.7 Å². The van der Waals surface area contributed by atoms with Gasteiger partial charge in [-0.25, -0.2) is 0 Å². The minimum atomic E-state index is 0.353. The number of likely N-dealkylation sites (tertiary alicyclic amines) is 1. The van der Waals surface area contributed by atoms with Gasteiger partial charge in [0.05, 0.1) is 0 Å². The maximum atomic E-state index is 6.18. The van der Waals surface area contributed by atoms with Gasteiger partial charge in [-0.3, -0.25) is 4.90 Å². The molecule has 0 spiro atoms. The third-order valence-electron chi connectivity index (χ3n) is 5.33. The van der Waals surface area contributed by atoms with Crippen molar-refractivity contribution in [1.82, 2.24) is 4.90 Å². The second-order valence-electron chi connectivity index (χ2n) is 6.34. The fourth-order valence-electron chi connectivity index (χ4n) is 4.00. The Balaban J connectivity index is 2.10. The van der Waals surface area contributed by atoms with Gasteiger partial charge in [-0.2, -0.15) is 0 Å². The molecule has 0 aromatic rings. The molecule has 1 aliphatic carbocycles. The molecule has 2 N–H and O–H groups in total. The lowest BCUT2D eigenvalue weighted by Crippen LogP contribution is -2.60. The lowest BCUT2D eigenvalue weighted by molar-refractivity contribution is -0.0158. The molecule has 0 amide bonds. The molecule has 0 bridgehead atoms. The van der Waals surface area contributed by atoms with Crippen molar-refractivity contribution in [1.29, 1.82) is 0 Å². The highest BCUT2D eigenvalue weighted by molar-refractivity contribution is 4.98. The normalized spacial score (nSPS) is 34.8. The first-order chi connectivity index (χ1) is 8.22. The predicted molar refractivity (Wildman–Crippen MR) is 74.1 cm³/mol. The van der Waals surface area contributed by atoms with E-state index in [1.807, 2.05) is 0 Å². The van der Waals surface area contributed by atoms with E-state index in [-0.39, 0.29) is 0 Å². The van der Waals surface area contributed by atoms with Crippen LogP contribution in [0, 0.1) is 5.92 Å². The van der Waals surface area contributed by atoms with Crippen LogP contribution in [0.4, 0.5) is 0 Å². The zero-order chi connectivity index (χ0) is 12.3. The van der Waals surface area contributed by atoms with Crippen LogP contribution in [0.5, 0.6) is 0 Å². The van der Waals surface area contributed by atoms with Crippen LogP contribution in [0.2, 0.25) is 0 Å². The van der Waals surface area contributed by atoms with E-state index in [0.717, 1.165) is 18.5 Å². The van der Waals surface area contributed by atoms with Crippen molar-refractivity contribution in [3.63, 3.8) is 0 Å². The Morgan fingerprint density at radius 3 is 2.47 bits per heavy atom. The summed E-state index contributed by atoms with van der Waals surface area (Å²) in [6.07, 6.45) is 11.0. The quantitative estimate of drug-likeness (QED) is 0.818. The van der Waals surface area contributed by atoms with Gasteiger partial charge >= 0.3 is 0 Å². The standard InChI is InChI=1S/C15H30N2/c1-3-14-8-7-13(2)17(11-14)15(12-16)9-5-4-6-10-15/h13-14H,3-12,16H2,1-2H3. The summed E-state index contributed by atoms with van der Waals surface area (Å²) in [6, 6.07) is 0.749. The van der Waals surface area contributed by atoms with Gasteiger partial charge in [0.1, 0.15) is 0 Å². The van der Waals surface area contributed by atoms with E-state index in [1.165, 1.54) is 57.9 Å². The third-order valence-corrected chi connectivity index (χ3v) is 5.33. The molecule has 2 aliphatic rings. The van der Waals surface area contributed by atoms with E-state index in [2.05, 4.69) is 18.7 Å². The van der Waals surface area contributed by atoms with Gasteiger partial charge in [-0.1, -0.05) is 32.6 Å². The topological polar surface area (TPSA) is 29.3 Å². The fraction of sp³-hybridized carbons (Fsp3) is 1.00. The van der Waals surface area contributed by atoms with Crippen molar-refractivity contribution >= 4 is 0 Å². The zero-order valence-corrected chi connectivity index (χ0v) is 11.8. The maximum Gasteiger partial charge on any atom is 0.0334 e. The molecule has 2 atom stereocenters. The summed E-state index contributed by atoms with van der Waals surface area (Å²) in [5.74, 6) is 0.913. The highest BCUT2D eigenvalue weighted by Gasteiger charge is 2.41. The van der Waals surface area contributed by atoms with Crippen molar-refractivity contribution in [3.05, 3.63) is 0 Å². The molecule has 2 unspecified atom stereocenters. The molecule has 17 heavy (non-hydrogen) atoms. The number of rotatable bonds is 3. The predicted octanol–water partition coefficient (Wildman–Crippen LogP) is 3.16. The maximum absolute atomic E-state index is 6.18. The average molecular weight is 238 g/mol. The molecule has 2 heteroatoms. The molecule has 0 aromatic heterocycles. The molecular weight excluding hydrogens is 208 g/mol. The van der Waals surface area contributed by atoms with Crippen LogP contribution in [-0.2, 0) is 0 Å². The van der Waals surface area contributed by atoms with Gasteiger partial charge in [0.15, 0.2) is 0 Å². The van der Waals surface area contributed by atoms with Gasteiger partial charge in [0.2, 0.25) is 0 Å². The van der Waals surface area contributed by atoms with Gasteiger partial charge in [-0.15, -0.1) is 0 Å². The lowest BCUT2D eigenvalue weighted by atomic mass is 9.77. The first-order valence-electron chi connectivity index (χ1n) is 7.68. The van der Waals surface area contributed by atoms with Crippen molar-refractivity contribution in [3.8, 4) is 0 Å². The summed E-state index contributed by atoms with van der Waals surface area (Å²) in [5.41, 5.74) is 6.53. The Labute approximate surface area is 107 Å². The fourth-order valence-corrected chi connectivity index (χ4v) is 4.00. The van der Waals surface area contributed by atoms with E-state index in [0.29, 0.717) is 5.54 Å². The van der Waals surface area contributed by atoms with Gasteiger partial charge in [0.25, 0.3) is 0 Å². The Kier molecular flexibility index (Phi) is 4.48. The summed E-state index contributed by atoms with van der Waals surface area (Å²) in [5, 5.41) is 0. The lowest BCUT2D eigenvalue weighted by Gasteiger charge is -2.52. The number of hydrogen-bond donors (Lipinski definition) is 1.